The van der Waals surface area contributed by atoms with Crippen molar-refractivity contribution in [2.24, 2.45) is 0 Å². The molecule has 1 N–H and O–H groups in total. The Kier molecular flexibility index (Phi) is 9.80. The molecule has 3 rings (SSSR count). The standard InChI is InChI=1S/C24H25Cl2NO2.ClH/c1-3-28-23-13-19(15-27-14-18-10-8-17(2)9-11-18)12-22(26)24(23)29-16-20-6-4-5-7-21(20)25;/h4-13,27H,3,14-16H2,1-2H3;1H. The van der Waals surface area contributed by atoms with Crippen molar-refractivity contribution in [3.63, 3.8) is 0 Å². The highest BCUT2D eigenvalue weighted by atomic mass is 35.5. The molecule has 0 aromatic heterocycles. The number of benzene rings is 3. The summed E-state index contributed by atoms with van der Waals surface area (Å²) >= 11 is 12.7. The molecule has 0 atom stereocenters. The zero-order chi connectivity index (χ0) is 20.6. The first kappa shape index (κ1) is 24.4. The number of hydrogen-bond acceptors (Lipinski definition) is 3. The van der Waals surface area contributed by atoms with E-state index in [1.165, 1.54) is 11.1 Å². The summed E-state index contributed by atoms with van der Waals surface area (Å²) in [4.78, 5) is 0. The summed E-state index contributed by atoms with van der Waals surface area (Å²) in [5.74, 6) is 1.18. The molecule has 0 fully saturated rings. The summed E-state index contributed by atoms with van der Waals surface area (Å²) < 4.78 is 11.8. The Morgan fingerprint density at radius 3 is 2.23 bits per heavy atom. The van der Waals surface area contributed by atoms with Crippen molar-refractivity contribution in [1.29, 1.82) is 0 Å². The van der Waals surface area contributed by atoms with Gasteiger partial charge in [-0.25, -0.2) is 0 Å². The molecular formula is C24H26Cl3NO2. The minimum Gasteiger partial charge on any atom is -0.490 e. The first-order chi connectivity index (χ1) is 14.1. The van der Waals surface area contributed by atoms with Gasteiger partial charge in [0.05, 0.1) is 11.6 Å². The van der Waals surface area contributed by atoms with Gasteiger partial charge in [0.15, 0.2) is 11.5 Å². The van der Waals surface area contributed by atoms with Crippen LogP contribution in [0.3, 0.4) is 0 Å². The van der Waals surface area contributed by atoms with Gasteiger partial charge in [0.2, 0.25) is 0 Å². The number of rotatable bonds is 9. The van der Waals surface area contributed by atoms with Crippen LogP contribution in [0.25, 0.3) is 0 Å². The van der Waals surface area contributed by atoms with E-state index in [0.717, 1.165) is 17.7 Å². The van der Waals surface area contributed by atoms with Crippen molar-refractivity contribution in [3.8, 4) is 11.5 Å². The third-order valence-electron chi connectivity index (χ3n) is 4.48. The van der Waals surface area contributed by atoms with E-state index in [-0.39, 0.29) is 12.4 Å². The first-order valence-electron chi connectivity index (χ1n) is 9.64. The van der Waals surface area contributed by atoms with E-state index in [2.05, 4.69) is 36.5 Å². The predicted molar refractivity (Wildman–Crippen MR) is 127 cm³/mol. The molecule has 0 saturated carbocycles. The molecule has 30 heavy (non-hydrogen) atoms. The number of hydrogen-bond donors (Lipinski definition) is 1. The molecule has 0 radical (unpaired) electrons. The van der Waals surface area contributed by atoms with Gasteiger partial charge in [0.25, 0.3) is 0 Å². The van der Waals surface area contributed by atoms with E-state index in [1.54, 1.807) is 0 Å². The lowest BCUT2D eigenvalue weighted by Crippen LogP contribution is -2.13. The quantitative estimate of drug-likeness (QED) is 0.368. The fourth-order valence-corrected chi connectivity index (χ4v) is 3.43. The summed E-state index contributed by atoms with van der Waals surface area (Å²) in [5, 5.41) is 4.63. The van der Waals surface area contributed by atoms with Gasteiger partial charge in [-0.1, -0.05) is 71.2 Å². The molecule has 0 spiro atoms. The second-order valence-electron chi connectivity index (χ2n) is 6.81. The second-order valence-corrected chi connectivity index (χ2v) is 7.62. The summed E-state index contributed by atoms with van der Waals surface area (Å²) in [6.45, 7) is 6.34. The Bertz CT molecular complexity index is 946. The third kappa shape index (κ3) is 6.82. The van der Waals surface area contributed by atoms with Crippen molar-refractivity contribution < 1.29 is 9.47 Å². The fourth-order valence-electron chi connectivity index (χ4n) is 2.95. The average Bonchev–Trinajstić information content (AvgIpc) is 2.70. The van der Waals surface area contributed by atoms with E-state index in [0.29, 0.717) is 41.3 Å². The van der Waals surface area contributed by atoms with Crippen LogP contribution in [0.2, 0.25) is 10.0 Å². The highest BCUT2D eigenvalue weighted by Gasteiger charge is 2.13. The van der Waals surface area contributed by atoms with E-state index < -0.39 is 0 Å². The van der Waals surface area contributed by atoms with E-state index >= 15 is 0 Å². The van der Waals surface area contributed by atoms with Crippen LogP contribution in [0.4, 0.5) is 0 Å². The molecule has 160 valence electrons. The second kappa shape index (κ2) is 12.1. The van der Waals surface area contributed by atoms with E-state index in [4.69, 9.17) is 32.7 Å². The van der Waals surface area contributed by atoms with Crippen LogP contribution in [-0.4, -0.2) is 6.61 Å². The fraction of sp³-hybridized carbons (Fsp3) is 0.250. The molecule has 0 aliphatic carbocycles. The molecule has 3 aromatic rings. The lowest BCUT2D eigenvalue weighted by molar-refractivity contribution is 0.269. The minimum atomic E-state index is 0. The molecule has 6 heteroatoms. The average molecular weight is 467 g/mol. The summed E-state index contributed by atoms with van der Waals surface area (Å²) in [5.41, 5.74) is 4.44. The highest BCUT2D eigenvalue weighted by Crippen LogP contribution is 2.37. The molecular weight excluding hydrogens is 441 g/mol. The van der Waals surface area contributed by atoms with Gasteiger partial charge in [-0.15, -0.1) is 12.4 Å². The molecule has 0 unspecified atom stereocenters. The van der Waals surface area contributed by atoms with E-state index in [9.17, 15) is 0 Å². The maximum Gasteiger partial charge on any atom is 0.180 e. The lowest BCUT2D eigenvalue weighted by atomic mass is 10.1. The number of ether oxygens (including phenoxy) is 2. The van der Waals surface area contributed by atoms with Crippen molar-refractivity contribution in [2.75, 3.05) is 6.61 Å². The summed E-state index contributed by atoms with van der Waals surface area (Å²) in [6, 6.07) is 20.0. The van der Waals surface area contributed by atoms with Crippen molar-refractivity contribution in [3.05, 3.63) is 93.0 Å². The van der Waals surface area contributed by atoms with Gasteiger partial charge in [-0.2, -0.15) is 0 Å². The summed E-state index contributed by atoms with van der Waals surface area (Å²) in [7, 11) is 0. The van der Waals surface area contributed by atoms with Gasteiger partial charge < -0.3 is 14.8 Å². The smallest absolute Gasteiger partial charge is 0.180 e. The lowest BCUT2D eigenvalue weighted by Gasteiger charge is -2.16. The van der Waals surface area contributed by atoms with Crippen LogP contribution in [0.1, 0.15) is 29.2 Å². The predicted octanol–water partition coefficient (Wildman–Crippen LogP) is 6.99. The number of halogens is 3. The van der Waals surface area contributed by atoms with Gasteiger partial charge in [0.1, 0.15) is 6.61 Å². The zero-order valence-electron chi connectivity index (χ0n) is 17.1. The van der Waals surface area contributed by atoms with Crippen molar-refractivity contribution in [2.45, 2.75) is 33.5 Å². The molecule has 0 saturated heterocycles. The van der Waals surface area contributed by atoms with Gasteiger partial charge in [-0.05, 0) is 43.2 Å². The Morgan fingerprint density at radius 2 is 1.53 bits per heavy atom. The molecule has 0 amide bonds. The van der Waals surface area contributed by atoms with Crippen molar-refractivity contribution in [1.82, 2.24) is 5.32 Å². The molecule has 3 nitrogen and oxygen atoms in total. The van der Waals surface area contributed by atoms with Crippen LogP contribution in [0, 0.1) is 6.92 Å². The van der Waals surface area contributed by atoms with Crippen LogP contribution >= 0.6 is 35.6 Å². The maximum absolute atomic E-state index is 6.52. The molecule has 0 heterocycles. The Morgan fingerprint density at radius 1 is 0.833 bits per heavy atom. The minimum absolute atomic E-state index is 0. The van der Waals surface area contributed by atoms with Gasteiger partial charge in [0, 0.05) is 23.7 Å². The monoisotopic (exact) mass is 465 g/mol. The number of nitrogens with one attached hydrogen (secondary N) is 1. The van der Waals surface area contributed by atoms with Crippen LogP contribution in [0.15, 0.2) is 60.7 Å². The normalized spacial score (nSPS) is 10.4. The topological polar surface area (TPSA) is 30.5 Å². The Balaban J connectivity index is 0.00000320. The molecule has 3 aromatic carbocycles. The largest absolute Gasteiger partial charge is 0.490 e. The van der Waals surface area contributed by atoms with Crippen LogP contribution < -0.4 is 14.8 Å². The van der Waals surface area contributed by atoms with Gasteiger partial charge >= 0.3 is 0 Å². The highest BCUT2D eigenvalue weighted by molar-refractivity contribution is 6.32. The Labute approximate surface area is 194 Å². The van der Waals surface area contributed by atoms with Crippen LogP contribution in [-0.2, 0) is 19.7 Å². The first-order valence-corrected chi connectivity index (χ1v) is 10.4. The molecule has 0 aliphatic rings. The number of aryl methyl sites for hydroxylation is 1. The summed E-state index contributed by atoms with van der Waals surface area (Å²) in [6.07, 6.45) is 0. The zero-order valence-corrected chi connectivity index (χ0v) is 19.4. The Hall–Kier alpha value is -1.91. The molecule has 0 bridgehead atoms. The molecule has 0 aliphatic heterocycles. The maximum atomic E-state index is 6.52. The van der Waals surface area contributed by atoms with E-state index in [1.807, 2.05) is 43.3 Å². The van der Waals surface area contributed by atoms with Gasteiger partial charge in [-0.3, -0.25) is 0 Å². The van der Waals surface area contributed by atoms with Crippen molar-refractivity contribution >= 4 is 35.6 Å². The third-order valence-corrected chi connectivity index (χ3v) is 5.13. The van der Waals surface area contributed by atoms with Crippen LogP contribution in [0.5, 0.6) is 11.5 Å². The SMILES string of the molecule is CCOc1cc(CNCc2ccc(C)cc2)cc(Cl)c1OCc1ccccc1Cl.Cl.